The first-order valence-corrected chi connectivity index (χ1v) is 6.94. The van der Waals surface area contributed by atoms with Gasteiger partial charge < -0.3 is 9.47 Å². The van der Waals surface area contributed by atoms with Crippen LogP contribution in [0.5, 0.6) is 17.2 Å². The van der Waals surface area contributed by atoms with E-state index in [4.69, 9.17) is 9.47 Å². The number of carbonyl (C=O) groups excluding carboxylic acids is 1. The highest BCUT2D eigenvalue weighted by molar-refractivity contribution is 9.10. The molecule has 0 saturated carbocycles. The van der Waals surface area contributed by atoms with Crippen LogP contribution >= 0.6 is 15.9 Å². The first kappa shape index (κ1) is 14.6. The van der Waals surface area contributed by atoms with Gasteiger partial charge in [0.2, 0.25) is 0 Å². The highest BCUT2D eigenvalue weighted by atomic mass is 79.9. The van der Waals surface area contributed by atoms with Crippen LogP contribution in [0.25, 0.3) is 0 Å². The minimum atomic E-state index is -0.0925. The Morgan fingerprint density at radius 2 is 1.80 bits per heavy atom. The van der Waals surface area contributed by atoms with Crippen molar-refractivity contribution in [3.8, 4) is 17.2 Å². The van der Waals surface area contributed by atoms with E-state index in [2.05, 4.69) is 15.9 Å². The van der Waals surface area contributed by atoms with Gasteiger partial charge in [-0.15, -0.1) is 0 Å². The van der Waals surface area contributed by atoms with Crippen LogP contribution in [0.15, 0.2) is 40.9 Å². The van der Waals surface area contributed by atoms with Crippen molar-refractivity contribution in [2.45, 2.75) is 13.8 Å². The lowest BCUT2D eigenvalue weighted by molar-refractivity contribution is 0.101. The van der Waals surface area contributed by atoms with Gasteiger partial charge >= 0.3 is 0 Å². The lowest BCUT2D eigenvalue weighted by Crippen LogP contribution is -2.01. The molecule has 0 saturated heterocycles. The third-order valence-corrected chi connectivity index (χ3v) is 3.42. The molecule has 3 nitrogen and oxygen atoms in total. The number of ketones is 1. The summed E-state index contributed by atoms with van der Waals surface area (Å²) < 4.78 is 12.0. The fourth-order valence-electron chi connectivity index (χ4n) is 1.92. The molecule has 0 aliphatic heterocycles. The summed E-state index contributed by atoms with van der Waals surface area (Å²) in [6.07, 6.45) is 0. The zero-order valence-corrected chi connectivity index (χ0v) is 13.2. The van der Waals surface area contributed by atoms with E-state index in [1.165, 1.54) is 14.0 Å². The normalized spacial score (nSPS) is 10.2. The second-order valence-corrected chi connectivity index (χ2v) is 5.32. The molecule has 0 spiro atoms. The molecular weight excluding hydrogens is 320 g/mol. The molecule has 0 radical (unpaired) electrons. The van der Waals surface area contributed by atoms with Crippen LogP contribution in [-0.4, -0.2) is 12.9 Å². The molecule has 0 amide bonds. The maximum atomic E-state index is 11.8. The van der Waals surface area contributed by atoms with E-state index >= 15 is 0 Å². The van der Waals surface area contributed by atoms with E-state index in [9.17, 15) is 4.79 Å². The SMILES string of the molecule is COc1cccc(Oc2cc(Br)ccc2C)c1C(C)=O. The van der Waals surface area contributed by atoms with Crippen molar-refractivity contribution < 1.29 is 14.3 Å². The summed E-state index contributed by atoms with van der Waals surface area (Å²) in [5.74, 6) is 1.63. The number of carbonyl (C=O) groups is 1. The Morgan fingerprint density at radius 3 is 2.45 bits per heavy atom. The second-order valence-electron chi connectivity index (χ2n) is 4.40. The number of ether oxygens (including phenoxy) is 2. The van der Waals surface area contributed by atoms with Gasteiger partial charge in [-0.25, -0.2) is 0 Å². The van der Waals surface area contributed by atoms with E-state index < -0.39 is 0 Å². The summed E-state index contributed by atoms with van der Waals surface area (Å²) >= 11 is 3.41. The van der Waals surface area contributed by atoms with Crippen LogP contribution in [0.1, 0.15) is 22.8 Å². The van der Waals surface area contributed by atoms with Crippen LogP contribution < -0.4 is 9.47 Å². The number of aryl methyl sites for hydroxylation is 1. The van der Waals surface area contributed by atoms with Crippen molar-refractivity contribution >= 4 is 21.7 Å². The Hall–Kier alpha value is -1.81. The van der Waals surface area contributed by atoms with Gasteiger partial charge in [-0.05, 0) is 43.7 Å². The van der Waals surface area contributed by atoms with Crippen LogP contribution in [-0.2, 0) is 0 Å². The van der Waals surface area contributed by atoms with Crippen molar-refractivity contribution in [2.75, 3.05) is 7.11 Å². The molecule has 20 heavy (non-hydrogen) atoms. The van der Waals surface area contributed by atoms with Crippen molar-refractivity contribution in [1.29, 1.82) is 0 Å². The number of benzene rings is 2. The molecule has 0 unspecified atom stereocenters. The summed E-state index contributed by atoms with van der Waals surface area (Å²) in [7, 11) is 1.54. The highest BCUT2D eigenvalue weighted by Crippen LogP contribution is 2.34. The van der Waals surface area contributed by atoms with Gasteiger partial charge in [-0.1, -0.05) is 28.1 Å². The number of methoxy groups -OCH3 is 1. The third kappa shape index (κ3) is 3.02. The van der Waals surface area contributed by atoms with E-state index in [1.807, 2.05) is 25.1 Å². The van der Waals surface area contributed by atoms with Crippen LogP contribution in [0.3, 0.4) is 0 Å². The lowest BCUT2D eigenvalue weighted by Gasteiger charge is -2.14. The Labute approximate surface area is 126 Å². The maximum absolute atomic E-state index is 11.8. The molecule has 0 bridgehead atoms. The Kier molecular flexibility index (Phi) is 4.45. The Bertz CT molecular complexity index is 650. The van der Waals surface area contributed by atoms with Gasteiger partial charge in [0.15, 0.2) is 5.78 Å². The van der Waals surface area contributed by atoms with Gasteiger partial charge in [0.1, 0.15) is 22.8 Å². The van der Waals surface area contributed by atoms with Crippen molar-refractivity contribution in [2.24, 2.45) is 0 Å². The standard InChI is InChI=1S/C16H15BrO3/c1-10-7-8-12(17)9-15(10)20-14-6-4-5-13(19-3)16(14)11(2)18/h4-9H,1-3H3. The summed E-state index contributed by atoms with van der Waals surface area (Å²) in [5.41, 5.74) is 1.44. The molecule has 104 valence electrons. The summed E-state index contributed by atoms with van der Waals surface area (Å²) in [5, 5.41) is 0. The Balaban J connectivity index is 2.48. The molecule has 0 aromatic heterocycles. The average molecular weight is 335 g/mol. The van der Waals surface area contributed by atoms with Crippen molar-refractivity contribution in [3.05, 3.63) is 52.0 Å². The van der Waals surface area contributed by atoms with Crippen molar-refractivity contribution in [1.82, 2.24) is 0 Å². The smallest absolute Gasteiger partial charge is 0.167 e. The molecule has 0 aliphatic carbocycles. The number of halogens is 1. The minimum absolute atomic E-state index is 0.0925. The summed E-state index contributed by atoms with van der Waals surface area (Å²) in [6, 6.07) is 11.1. The van der Waals surface area contributed by atoms with Gasteiger partial charge in [-0.3, -0.25) is 4.79 Å². The predicted molar refractivity (Wildman–Crippen MR) is 82.0 cm³/mol. The van der Waals surface area contributed by atoms with E-state index in [0.717, 1.165) is 10.0 Å². The van der Waals surface area contributed by atoms with E-state index in [-0.39, 0.29) is 5.78 Å². The molecule has 0 heterocycles. The topological polar surface area (TPSA) is 35.5 Å². The first-order valence-electron chi connectivity index (χ1n) is 6.15. The third-order valence-electron chi connectivity index (χ3n) is 2.93. The van der Waals surface area contributed by atoms with Gasteiger partial charge in [0, 0.05) is 4.47 Å². The predicted octanol–water partition coefficient (Wildman–Crippen LogP) is 4.76. The molecule has 2 aromatic rings. The maximum Gasteiger partial charge on any atom is 0.167 e. The molecular formula is C16H15BrO3. The molecule has 0 N–H and O–H groups in total. The van der Waals surface area contributed by atoms with Crippen LogP contribution in [0.2, 0.25) is 0 Å². The van der Waals surface area contributed by atoms with Gasteiger partial charge in [-0.2, -0.15) is 0 Å². The fourth-order valence-corrected chi connectivity index (χ4v) is 2.26. The van der Waals surface area contributed by atoms with Crippen molar-refractivity contribution in [3.63, 3.8) is 0 Å². The largest absolute Gasteiger partial charge is 0.496 e. The average Bonchev–Trinajstić information content (AvgIpc) is 2.42. The van der Waals surface area contributed by atoms with Crippen LogP contribution in [0.4, 0.5) is 0 Å². The summed E-state index contributed by atoms with van der Waals surface area (Å²) in [6.45, 7) is 3.45. The first-order chi connectivity index (χ1) is 9.52. The van der Waals surface area contributed by atoms with Gasteiger partial charge in [0.05, 0.1) is 7.11 Å². The van der Waals surface area contributed by atoms with Gasteiger partial charge in [0.25, 0.3) is 0 Å². The summed E-state index contributed by atoms with van der Waals surface area (Å²) in [4.78, 5) is 11.8. The number of rotatable bonds is 4. The second kappa shape index (κ2) is 6.09. The monoisotopic (exact) mass is 334 g/mol. The zero-order chi connectivity index (χ0) is 14.7. The zero-order valence-electron chi connectivity index (χ0n) is 11.6. The van der Waals surface area contributed by atoms with Crippen LogP contribution in [0, 0.1) is 6.92 Å². The molecule has 0 atom stereocenters. The Morgan fingerprint density at radius 1 is 1.10 bits per heavy atom. The number of hydrogen-bond acceptors (Lipinski definition) is 3. The quantitative estimate of drug-likeness (QED) is 0.756. The molecule has 2 rings (SSSR count). The molecule has 0 aliphatic rings. The molecule has 4 heteroatoms. The molecule has 0 fully saturated rings. The molecule has 2 aromatic carbocycles. The minimum Gasteiger partial charge on any atom is -0.496 e. The fraction of sp³-hybridized carbons (Fsp3) is 0.188. The lowest BCUT2D eigenvalue weighted by atomic mass is 10.1. The number of Topliss-reactive ketones (excluding diaryl/α,β-unsaturated/α-hetero) is 1. The highest BCUT2D eigenvalue weighted by Gasteiger charge is 2.16. The van der Waals surface area contributed by atoms with E-state index in [0.29, 0.717) is 22.8 Å². The number of hydrogen-bond donors (Lipinski definition) is 0. The van der Waals surface area contributed by atoms with E-state index in [1.54, 1.807) is 18.2 Å².